The SMILES string of the molecule is COc1ccc(CC[C@@H](C)[NH2+]Cc2ccc(Cl)c(Cl)c2)cc1. The zero-order valence-corrected chi connectivity index (χ0v) is 14.5. The van der Waals surface area contributed by atoms with Crippen molar-refractivity contribution in [3.05, 3.63) is 63.6 Å². The van der Waals surface area contributed by atoms with Crippen molar-refractivity contribution >= 4 is 23.2 Å². The molecule has 0 heterocycles. The van der Waals surface area contributed by atoms with Gasteiger partial charge in [0.05, 0.1) is 23.2 Å². The molecule has 0 aliphatic heterocycles. The molecule has 0 bridgehead atoms. The van der Waals surface area contributed by atoms with Crippen LogP contribution in [0.25, 0.3) is 0 Å². The van der Waals surface area contributed by atoms with Crippen molar-refractivity contribution in [2.75, 3.05) is 7.11 Å². The summed E-state index contributed by atoms with van der Waals surface area (Å²) in [6.45, 7) is 3.17. The van der Waals surface area contributed by atoms with Crippen LogP contribution in [0.2, 0.25) is 10.0 Å². The van der Waals surface area contributed by atoms with Gasteiger partial charge in [-0.3, -0.25) is 0 Å². The molecule has 0 aromatic heterocycles. The average molecular weight is 339 g/mol. The maximum absolute atomic E-state index is 6.04. The van der Waals surface area contributed by atoms with Gasteiger partial charge in [0.1, 0.15) is 12.3 Å². The molecule has 1 atom stereocenters. The van der Waals surface area contributed by atoms with Gasteiger partial charge in [0, 0.05) is 12.0 Å². The molecule has 2 N–H and O–H groups in total. The second kappa shape index (κ2) is 8.42. The molecular weight excluding hydrogens is 317 g/mol. The standard InChI is InChI=1S/C18H21Cl2NO/c1-13(3-4-14-5-8-16(22-2)9-6-14)21-12-15-7-10-17(19)18(20)11-15/h5-11,13,21H,3-4,12H2,1-2H3/p+1/t13-/m1/s1. The molecule has 4 heteroatoms. The van der Waals surface area contributed by atoms with Gasteiger partial charge in [-0.25, -0.2) is 0 Å². The number of ether oxygens (including phenoxy) is 1. The smallest absolute Gasteiger partial charge is 0.118 e. The van der Waals surface area contributed by atoms with Crippen LogP contribution >= 0.6 is 23.2 Å². The van der Waals surface area contributed by atoms with Crippen molar-refractivity contribution in [3.63, 3.8) is 0 Å². The summed E-state index contributed by atoms with van der Waals surface area (Å²) in [6.07, 6.45) is 2.21. The van der Waals surface area contributed by atoms with E-state index in [4.69, 9.17) is 27.9 Å². The molecule has 0 aliphatic rings. The van der Waals surface area contributed by atoms with Gasteiger partial charge in [-0.15, -0.1) is 0 Å². The van der Waals surface area contributed by atoms with E-state index in [1.165, 1.54) is 11.1 Å². The summed E-state index contributed by atoms with van der Waals surface area (Å²) in [6, 6.07) is 14.7. The van der Waals surface area contributed by atoms with Crippen molar-refractivity contribution in [1.29, 1.82) is 0 Å². The topological polar surface area (TPSA) is 25.8 Å². The first-order valence-electron chi connectivity index (χ1n) is 7.48. The van der Waals surface area contributed by atoms with E-state index in [-0.39, 0.29) is 0 Å². The van der Waals surface area contributed by atoms with E-state index < -0.39 is 0 Å². The highest BCUT2D eigenvalue weighted by Crippen LogP contribution is 2.22. The predicted molar refractivity (Wildman–Crippen MR) is 92.9 cm³/mol. The molecular formula is C18H22Cl2NO+. The van der Waals surface area contributed by atoms with Crippen LogP contribution in [-0.4, -0.2) is 13.2 Å². The maximum atomic E-state index is 6.04. The van der Waals surface area contributed by atoms with Gasteiger partial charge in [0.2, 0.25) is 0 Å². The maximum Gasteiger partial charge on any atom is 0.118 e. The first-order chi connectivity index (χ1) is 10.6. The molecule has 2 aromatic rings. The molecule has 2 nitrogen and oxygen atoms in total. The minimum absolute atomic E-state index is 0.552. The van der Waals surface area contributed by atoms with Crippen molar-refractivity contribution < 1.29 is 10.1 Å². The molecule has 0 spiro atoms. The second-order valence-electron chi connectivity index (χ2n) is 5.55. The molecule has 0 saturated carbocycles. The van der Waals surface area contributed by atoms with Crippen molar-refractivity contribution in [3.8, 4) is 5.75 Å². The van der Waals surface area contributed by atoms with Gasteiger partial charge in [-0.1, -0.05) is 41.4 Å². The summed E-state index contributed by atoms with van der Waals surface area (Å²) in [5.74, 6) is 0.906. The summed E-state index contributed by atoms with van der Waals surface area (Å²) in [5.41, 5.74) is 2.54. The molecule has 0 aliphatic carbocycles. The molecule has 0 fully saturated rings. The minimum atomic E-state index is 0.552. The predicted octanol–water partition coefficient (Wildman–Crippen LogP) is 4.09. The van der Waals surface area contributed by atoms with E-state index in [9.17, 15) is 0 Å². The Balaban J connectivity index is 1.77. The first kappa shape index (κ1) is 17.1. The lowest BCUT2D eigenvalue weighted by molar-refractivity contribution is -0.701. The number of methoxy groups -OCH3 is 1. The molecule has 118 valence electrons. The fourth-order valence-corrected chi connectivity index (χ4v) is 2.63. The number of hydrogen-bond acceptors (Lipinski definition) is 1. The number of hydrogen-bond donors (Lipinski definition) is 1. The van der Waals surface area contributed by atoms with E-state index in [0.29, 0.717) is 16.1 Å². The van der Waals surface area contributed by atoms with Gasteiger partial charge in [0.25, 0.3) is 0 Å². The van der Waals surface area contributed by atoms with E-state index in [1.807, 2.05) is 30.3 Å². The van der Waals surface area contributed by atoms with Crippen molar-refractivity contribution in [1.82, 2.24) is 0 Å². The van der Waals surface area contributed by atoms with E-state index in [0.717, 1.165) is 25.1 Å². The summed E-state index contributed by atoms with van der Waals surface area (Å²) in [4.78, 5) is 0. The lowest BCUT2D eigenvalue weighted by Gasteiger charge is -2.11. The Morgan fingerprint density at radius 2 is 1.68 bits per heavy atom. The lowest BCUT2D eigenvalue weighted by atomic mass is 10.1. The number of rotatable bonds is 7. The van der Waals surface area contributed by atoms with Crippen molar-refractivity contribution in [2.45, 2.75) is 32.4 Å². The third-order valence-corrected chi connectivity index (χ3v) is 4.53. The molecule has 22 heavy (non-hydrogen) atoms. The lowest BCUT2D eigenvalue weighted by Crippen LogP contribution is -2.87. The third kappa shape index (κ3) is 5.20. The molecule has 2 aromatic carbocycles. The monoisotopic (exact) mass is 338 g/mol. The van der Waals surface area contributed by atoms with Crippen LogP contribution in [0.4, 0.5) is 0 Å². The Hall–Kier alpha value is -1.22. The number of nitrogens with two attached hydrogens (primary N) is 1. The highest BCUT2D eigenvalue weighted by atomic mass is 35.5. The summed E-state index contributed by atoms with van der Waals surface area (Å²) < 4.78 is 5.17. The third-order valence-electron chi connectivity index (χ3n) is 3.79. The Kier molecular flexibility index (Phi) is 6.56. The number of aryl methyl sites for hydroxylation is 1. The van der Waals surface area contributed by atoms with Gasteiger partial charge in [-0.2, -0.15) is 0 Å². The van der Waals surface area contributed by atoms with E-state index in [2.05, 4.69) is 24.4 Å². The van der Waals surface area contributed by atoms with Crippen molar-refractivity contribution in [2.24, 2.45) is 0 Å². The Bertz CT molecular complexity index is 599. The fourth-order valence-electron chi connectivity index (χ4n) is 2.31. The minimum Gasteiger partial charge on any atom is -0.497 e. The van der Waals surface area contributed by atoms with Crippen LogP contribution in [0.1, 0.15) is 24.5 Å². The van der Waals surface area contributed by atoms with Crippen LogP contribution in [0, 0.1) is 0 Å². The number of benzene rings is 2. The zero-order valence-electron chi connectivity index (χ0n) is 13.0. The summed E-state index contributed by atoms with van der Waals surface area (Å²) in [5, 5.41) is 3.57. The molecule has 0 radical (unpaired) electrons. The largest absolute Gasteiger partial charge is 0.497 e. The molecule has 0 saturated heterocycles. The highest BCUT2D eigenvalue weighted by Gasteiger charge is 2.07. The van der Waals surface area contributed by atoms with Gasteiger partial charge in [-0.05, 0) is 43.2 Å². The van der Waals surface area contributed by atoms with Crippen LogP contribution < -0.4 is 10.1 Å². The Morgan fingerprint density at radius 1 is 1.00 bits per heavy atom. The quantitative estimate of drug-likeness (QED) is 0.808. The first-order valence-corrected chi connectivity index (χ1v) is 8.24. The van der Waals surface area contributed by atoms with E-state index >= 15 is 0 Å². The number of halogens is 2. The molecule has 0 unspecified atom stereocenters. The highest BCUT2D eigenvalue weighted by molar-refractivity contribution is 6.42. The van der Waals surface area contributed by atoms with Crippen LogP contribution in [0.5, 0.6) is 5.75 Å². The van der Waals surface area contributed by atoms with Gasteiger partial charge < -0.3 is 10.1 Å². The summed E-state index contributed by atoms with van der Waals surface area (Å²) >= 11 is 12.0. The zero-order chi connectivity index (χ0) is 15.9. The van der Waals surface area contributed by atoms with Crippen LogP contribution in [0.15, 0.2) is 42.5 Å². The second-order valence-corrected chi connectivity index (χ2v) is 6.37. The molecule has 2 rings (SSSR count). The van der Waals surface area contributed by atoms with Gasteiger partial charge >= 0.3 is 0 Å². The fraction of sp³-hybridized carbons (Fsp3) is 0.333. The number of quaternary nitrogens is 1. The van der Waals surface area contributed by atoms with Gasteiger partial charge in [0.15, 0.2) is 0 Å². The van der Waals surface area contributed by atoms with Crippen LogP contribution in [0.3, 0.4) is 0 Å². The molecule has 0 amide bonds. The Labute approximate surface area is 142 Å². The Morgan fingerprint density at radius 3 is 2.32 bits per heavy atom. The van der Waals surface area contributed by atoms with E-state index in [1.54, 1.807) is 7.11 Å². The normalized spacial score (nSPS) is 12.2. The van der Waals surface area contributed by atoms with Crippen LogP contribution in [-0.2, 0) is 13.0 Å². The average Bonchev–Trinajstić information content (AvgIpc) is 2.54. The summed E-state index contributed by atoms with van der Waals surface area (Å²) in [7, 11) is 1.69.